The summed E-state index contributed by atoms with van der Waals surface area (Å²) in [5.41, 5.74) is 8.92. The first-order valence-corrected chi connectivity index (χ1v) is 14.6. The van der Waals surface area contributed by atoms with Gasteiger partial charge in [0.2, 0.25) is 0 Å². The molecule has 8 rings (SSSR count). The van der Waals surface area contributed by atoms with Gasteiger partial charge >= 0.3 is 44.8 Å². The Morgan fingerprint density at radius 1 is 0.511 bits per heavy atom. The predicted octanol–water partition coefficient (Wildman–Crippen LogP) is 8.60. The zero-order valence-corrected chi connectivity index (χ0v) is 30.1. The summed E-state index contributed by atoms with van der Waals surface area (Å²) in [5.74, 6) is 4.87. The second-order valence-electron chi connectivity index (χ2n) is 10.8. The van der Waals surface area contributed by atoms with Gasteiger partial charge in [0.1, 0.15) is 0 Å². The number of hydrogen-bond acceptors (Lipinski definition) is 2. The summed E-state index contributed by atoms with van der Waals surface area (Å²) in [5, 5.41) is 4.85. The number of para-hydroxylation sites is 2. The van der Waals surface area contributed by atoms with Gasteiger partial charge in [0.05, 0.1) is 0 Å². The van der Waals surface area contributed by atoms with Gasteiger partial charge in [0.25, 0.3) is 0 Å². The molecule has 0 fully saturated rings. The van der Waals surface area contributed by atoms with Crippen LogP contribution in [0.1, 0.15) is 22.3 Å². The fourth-order valence-electron chi connectivity index (χ4n) is 5.73. The second-order valence-corrected chi connectivity index (χ2v) is 10.8. The normalized spacial score (nSPS) is 10.0. The smallest absolute Gasteiger partial charge is 0.366 e. The van der Waals surface area contributed by atoms with Crippen molar-refractivity contribution in [2.75, 3.05) is 0 Å². The van der Waals surface area contributed by atoms with Crippen LogP contribution in [-0.2, 0) is 65.3 Å². The quantitative estimate of drug-likeness (QED) is 0.0990. The maximum atomic E-state index is 7.18. The first-order chi connectivity index (χ1) is 22.1. The van der Waals surface area contributed by atoms with E-state index in [1.165, 1.54) is 54.7 Å². The molecule has 0 aliphatic carbocycles. The van der Waals surface area contributed by atoms with Crippen molar-refractivity contribution in [2.45, 2.75) is 6.42 Å². The average Bonchev–Trinajstić information content (AvgIpc) is 3.56. The number of rotatable bonds is 2. The van der Waals surface area contributed by atoms with Crippen molar-refractivity contribution < 1.29 is 44.8 Å². The molecule has 0 aliphatic rings. The van der Waals surface area contributed by atoms with Gasteiger partial charge in [-0.3, -0.25) is 21.8 Å². The van der Waals surface area contributed by atoms with E-state index in [0.717, 1.165) is 17.5 Å². The molecule has 0 atom stereocenters. The number of fused-ring (bicyclic) bond motifs is 6. The Morgan fingerprint density at radius 2 is 0.915 bits per heavy atom. The summed E-state index contributed by atoms with van der Waals surface area (Å²) in [7, 11) is 4.14. The van der Waals surface area contributed by atoms with Gasteiger partial charge in [-0.05, 0) is 46.2 Å². The van der Waals surface area contributed by atoms with Crippen LogP contribution in [0.25, 0.3) is 43.6 Å². The van der Waals surface area contributed by atoms with Gasteiger partial charge in [0, 0.05) is 78.1 Å². The topological polar surface area (TPSA) is 35.6 Å². The van der Waals surface area contributed by atoms with E-state index in [9.17, 15) is 0 Å². The number of hydrogen-bond donors (Lipinski definition) is 0. The number of aromatic nitrogens is 4. The summed E-state index contributed by atoms with van der Waals surface area (Å²) < 4.78 is 4.36. The standard InChI is InChI=1S/2C15H10N.C11H10N2.2Au/c2*1-3-11-8-9-15-13(10-11)12-6-4-5-7-14(12)16(15)2;1-3-10(8-12-5-1)7-11-4-2-6-13-9-11;;/h2*4-10H,2H3;1-6,8-9H,7H2;;/q2*-1;;2*+1. The van der Waals surface area contributed by atoms with Crippen molar-refractivity contribution in [2.24, 2.45) is 14.1 Å². The summed E-state index contributed by atoms with van der Waals surface area (Å²) >= 11 is 0. The number of aryl methyl sites for hydroxylation is 2. The molecule has 0 saturated heterocycles. The van der Waals surface area contributed by atoms with E-state index in [1.807, 2.05) is 85.2 Å². The van der Waals surface area contributed by atoms with Gasteiger partial charge in [0.15, 0.2) is 0 Å². The van der Waals surface area contributed by atoms with Crippen LogP contribution in [0.4, 0.5) is 0 Å². The Labute approximate surface area is 306 Å². The molecule has 0 amide bonds. The average molecular weight is 973 g/mol. The van der Waals surface area contributed by atoms with E-state index in [-0.39, 0.29) is 44.8 Å². The van der Waals surface area contributed by atoms with E-state index in [2.05, 4.69) is 81.4 Å². The molecular weight excluding hydrogens is 942 g/mol. The molecule has 4 aromatic carbocycles. The Morgan fingerprint density at radius 3 is 1.30 bits per heavy atom. The molecule has 0 N–H and O–H groups in total. The molecule has 4 nitrogen and oxygen atoms in total. The first kappa shape index (κ1) is 35.2. The minimum absolute atomic E-state index is 0. The summed E-state index contributed by atoms with van der Waals surface area (Å²) in [4.78, 5) is 8.12. The SMILES string of the molecule is [Au+].[Au+].[C-]#Cc1ccc2c(c1)c1ccccc1n2C.[C-]#Cc1ccc2c(c1)c1ccccc1n2C.c1cncc(Cc2cccnc2)c1. The molecule has 0 saturated carbocycles. The number of nitrogens with zero attached hydrogens (tertiary/aromatic N) is 4. The van der Waals surface area contributed by atoms with Crippen LogP contribution in [0.5, 0.6) is 0 Å². The first-order valence-electron chi connectivity index (χ1n) is 14.6. The van der Waals surface area contributed by atoms with Crippen molar-refractivity contribution in [3.8, 4) is 11.8 Å². The van der Waals surface area contributed by atoms with Crippen molar-refractivity contribution in [1.82, 2.24) is 19.1 Å². The van der Waals surface area contributed by atoms with Crippen LogP contribution in [0, 0.1) is 24.7 Å². The monoisotopic (exact) mass is 972 g/mol. The predicted molar refractivity (Wildman–Crippen MR) is 185 cm³/mol. The van der Waals surface area contributed by atoms with Crippen molar-refractivity contribution in [3.05, 3.63) is 169 Å². The minimum Gasteiger partial charge on any atom is -0.366 e. The zero-order valence-electron chi connectivity index (χ0n) is 25.8. The van der Waals surface area contributed by atoms with Crippen molar-refractivity contribution in [1.29, 1.82) is 0 Å². The molecule has 236 valence electrons. The summed E-state index contributed by atoms with van der Waals surface area (Å²) in [6, 6.07) is 36.7. The van der Waals surface area contributed by atoms with E-state index in [1.54, 1.807) is 12.4 Å². The third kappa shape index (κ3) is 7.69. The molecule has 0 aliphatic heterocycles. The molecule has 0 unspecified atom stereocenters. The van der Waals surface area contributed by atoms with E-state index >= 15 is 0 Å². The van der Waals surface area contributed by atoms with Crippen LogP contribution in [0.3, 0.4) is 0 Å². The molecule has 0 spiro atoms. The minimum atomic E-state index is 0. The van der Waals surface area contributed by atoms with Crippen LogP contribution in [0.2, 0.25) is 0 Å². The Kier molecular flexibility index (Phi) is 12.2. The van der Waals surface area contributed by atoms with E-state index in [4.69, 9.17) is 12.8 Å². The van der Waals surface area contributed by atoms with Crippen LogP contribution in [-0.4, -0.2) is 19.1 Å². The van der Waals surface area contributed by atoms with Crippen LogP contribution in [0.15, 0.2) is 134 Å². The summed E-state index contributed by atoms with van der Waals surface area (Å²) in [6.07, 6.45) is 22.6. The molecule has 8 aromatic rings. The van der Waals surface area contributed by atoms with Crippen LogP contribution >= 0.6 is 0 Å². The molecule has 0 bridgehead atoms. The fraction of sp³-hybridized carbons (Fsp3) is 0.0732. The number of benzene rings is 4. The van der Waals surface area contributed by atoms with Gasteiger partial charge in [-0.1, -0.05) is 60.7 Å². The summed E-state index contributed by atoms with van der Waals surface area (Å²) in [6.45, 7) is 0. The third-order valence-corrected chi connectivity index (χ3v) is 7.97. The third-order valence-electron chi connectivity index (χ3n) is 7.97. The molecule has 47 heavy (non-hydrogen) atoms. The van der Waals surface area contributed by atoms with Crippen molar-refractivity contribution >= 4 is 43.6 Å². The zero-order chi connectivity index (χ0) is 31.2. The Bertz CT molecular complexity index is 2170. The molecule has 6 heteroatoms. The Balaban J connectivity index is 0.000000157. The Hall–Kier alpha value is -4.62. The fourth-order valence-corrected chi connectivity index (χ4v) is 5.73. The van der Waals surface area contributed by atoms with Gasteiger partial charge in [-0.25, -0.2) is 0 Å². The number of pyridine rings is 2. The maximum Gasteiger partial charge on any atom is 1.00 e. The van der Waals surface area contributed by atoms with Gasteiger partial charge < -0.3 is 22.0 Å². The molecule has 0 radical (unpaired) electrons. The molecule has 4 aromatic heterocycles. The van der Waals surface area contributed by atoms with Gasteiger partial charge in [-0.15, -0.1) is 35.4 Å². The second kappa shape index (κ2) is 16.3. The maximum absolute atomic E-state index is 7.18. The largest absolute Gasteiger partial charge is 1.00 e. The van der Waals surface area contributed by atoms with E-state index in [0.29, 0.717) is 0 Å². The molecular formula is C41H30Au2N4. The molecule has 4 heterocycles. The van der Waals surface area contributed by atoms with Crippen LogP contribution < -0.4 is 0 Å². The van der Waals surface area contributed by atoms with E-state index < -0.39 is 0 Å². The van der Waals surface area contributed by atoms with Crippen molar-refractivity contribution in [3.63, 3.8) is 0 Å². The van der Waals surface area contributed by atoms with Gasteiger partial charge in [-0.2, -0.15) is 0 Å².